The minimum atomic E-state index is -0.672. The lowest BCUT2D eigenvalue weighted by molar-refractivity contribution is -0.120. The van der Waals surface area contributed by atoms with Crippen LogP contribution >= 0.6 is 0 Å². The molecule has 2 unspecified atom stereocenters. The van der Waals surface area contributed by atoms with E-state index in [4.69, 9.17) is 4.74 Å². The van der Waals surface area contributed by atoms with Gasteiger partial charge in [-0.3, -0.25) is 9.59 Å². The Morgan fingerprint density at radius 1 is 1.12 bits per heavy atom. The second-order valence-corrected chi connectivity index (χ2v) is 11.4. The number of rotatable bonds is 8. The number of amides is 4. The van der Waals surface area contributed by atoms with Gasteiger partial charge in [0.2, 0.25) is 11.8 Å². The second-order valence-electron chi connectivity index (χ2n) is 11.4. The van der Waals surface area contributed by atoms with E-state index in [0.717, 1.165) is 34.2 Å². The van der Waals surface area contributed by atoms with Crippen molar-refractivity contribution in [1.29, 1.82) is 0 Å². The third-order valence-corrected chi connectivity index (χ3v) is 8.67. The van der Waals surface area contributed by atoms with E-state index in [2.05, 4.69) is 20.9 Å². The molecule has 4 amide bonds. The first-order valence-electron chi connectivity index (χ1n) is 14.4. The number of nitrogens with zero attached hydrogens (tertiary/aromatic N) is 3. The van der Waals surface area contributed by atoms with E-state index in [0.29, 0.717) is 50.5 Å². The third kappa shape index (κ3) is 5.23. The fraction of sp³-hybridized carbons (Fsp3) is 0.375. The number of benzene rings is 2. The van der Waals surface area contributed by atoms with Crippen LogP contribution in [0.4, 0.5) is 16.3 Å². The first kappa shape index (κ1) is 27.9. The van der Waals surface area contributed by atoms with Gasteiger partial charge >= 0.3 is 6.03 Å². The lowest BCUT2D eigenvalue weighted by Crippen LogP contribution is -2.45. The maximum atomic E-state index is 13.7. The van der Waals surface area contributed by atoms with Crippen molar-refractivity contribution in [3.63, 3.8) is 0 Å². The first-order chi connectivity index (χ1) is 20.4. The Hall–Kier alpha value is -4.28. The number of urea groups is 1. The van der Waals surface area contributed by atoms with Crippen LogP contribution in [0.15, 0.2) is 60.8 Å². The zero-order chi connectivity index (χ0) is 29.3. The van der Waals surface area contributed by atoms with Crippen LogP contribution in [0.3, 0.4) is 0 Å². The molecule has 1 aromatic heterocycles. The van der Waals surface area contributed by atoms with Gasteiger partial charge in [-0.1, -0.05) is 36.4 Å². The number of anilines is 2. The van der Waals surface area contributed by atoms with Crippen molar-refractivity contribution in [2.45, 2.75) is 43.9 Å². The lowest BCUT2D eigenvalue weighted by atomic mass is 9.79. The van der Waals surface area contributed by atoms with Crippen LogP contribution in [0.2, 0.25) is 0 Å². The number of hydrogen-bond donors (Lipinski definition) is 3. The van der Waals surface area contributed by atoms with Gasteiger partial charge in [-0.05, 0) is 66.8 Å². The minimum Gasteiger partial charge on any atom is -0.380 e. The molecule has 0 saturated carbocycles. The first-order valence-corrected chi connectivity index (χ1v) is 14.4. The standard InChI is InChI=1S/C32H36N6O4/c1-33-17-22-6-3-4-7-23(22)18-38(31(41)37-13-11-26(19-37)42-2)20-28(39)35-25-10-9-21-15-32(16-24(21)14-25)27-8-5-12-34-29(27)36-30(32)40/h3-10,12,14,26,33H,11,13,15-20H2,1-2H3,(H,35,39)(H,34,36,40). The molecule has 3 N–H and O–H groups in total. The van der Waals surface area contributed by atoms with Crippen LogP contribution < -0.4 is 16.0 Å². The summed E-state index contributed by atoms with van der Waals surface area (Å²) in [6.07, 6.45) is 3.59. The Morgan fingerprint density at radius 2 is 1.93 bits per heavy atom. The summed E-state index contributed by atoms with van der Waals surface area (Å²) in [7, 11) is 3.54. The number of pyridine rings is 1. The molecule has 1 aliphatic carbocycles. The van der Waals surface area contributed by atoms with E-state index >= 15 is 0 Å². The van der Waals surface area contributed by atoms with Crippen LogP contribution in [0.25, 0.3) is 0 Å². The number of likely N-dealkylation sites (tertiary alicyclic amines) is 1. The van der Waals surface area contributed by atoms with E-state index in [1.165, 1.54) is 0 Å². The highest BCUT2D eigenvalue weighted by molar-refractivity contribution is 6.06. The molecule has 2 atom stereocenters. The fourth-order valence-electron chi connectivity index (χ4n) is 6.48. The van der Waals surface area contributed by atoms with Crippen molar-refractivity contribution in [2.75, 3.05) is 44.4 Å². The van der Waals surface area contributed by atoms with Gasteiger partial charge in [0, 0.05) is 50.7 Å². The summed E-state index contributed by atoms with van der Waals surface area (Å²) in [5.41, 5.74) is 5.06. The molecule has 3 heterocycles. The quantitative estimate of drug-likeness (QED) is 0.385. The van der Waals surface area contributed by atoms with Gasteiger partial charge in [0.15, 0.2) is 0 Å². The van der Waals surface area contributed by atoms with Gasteiger partial charge in [-0.25, -0.2) is 9.78 Å². The smallest absolute Gasteiger partial charge is 0.320 e. The predicted molar refractivity (Wildman–Crippen MR) is 159 cm³/mol. The summed E-state index contributed by atoms with van der Waals surface area (Å²) in [6.45, 7) is 1.97. The van der Waals surface area contributed by atoms with Gasteiger partial charge in [-0.15, -0.1) is 0 Å². The average molecular weight is 569 g/mol. The molecule has 3 aromatic rings. The largest absolute Gasteiger partial charge is 0.380 e. The lowest BCUT2D eigenvalue weighted by Gasteiger charge is -2.28. The Balaban J connectivity index is 1.18. The molecule has 1 saturated heterocycles. The Kier molecular flexibility index (Phi) is 7.66. The van der Waals surface area contributed by atoms with Crippen molar-refractivity contribution < 1.29 is 19.1 Å². The molecule has 0 bridgehead atoms. The number of hydrogen-bond acceptors (Lipinski definition) is 6. The average Bonchev–Trinajstić information content (AvgIpc) is 3.69. The Morgan fingerprint density at radius 3 is 2.71 bits per heavy atom. The van der Waals surface area contributed by atoms with Crippen LogP contribution in [0.5, 0.6) is 0 Å². The number of ether oxygens (including phenoxy) is 1. The maximum Gasteiger partial charge on any atom is 0.320 e. The van der Waals surface area contributed by atoms with Gasteiger partial charge in [0.25, 0.3) is 0 Å². The summed E-state index contributed by atoms with van der Waals surface area (Å²) in [5, 5.41) is 9.11. The summed E-state index contributed by atoms with van der Waals surface area (Å²) < 4.78 is 5.47. The number of carbonyl (C=O) groups excluding carboxylic acids is 3. The molecule has 3 aliphatic rings. The molecule has 10 heteroatoms. The highest BCUT2D eigenvalue weighted by Crippen LogP contribution is 2.46. The normalized spacial score (nSPS) is 20.4. The highest BCUT2D eigenvalue weighted by Gasteiger charge is 2.51. The third-order valence-electron chi connectivity index (χ3n) is 8.67. The molecule has 10 nitrogen and oxygen atoms in total. The summed E-state index contributed by atoms with van der Waals surface area (Å²) in [6, 6.07) is 17.4. The van der Waals surface area contributed by atoms with Gasteiger partial charge in [-0.2, -0.15) is 0 Å². The predicted octanol–water partition coefficient (Wildman–Crippen LogP) is 3.07. The SMILES string of the molecule is CNCc1ccccc1CN(CC(=O)Nc1ccc2c(c1)CC1(C2)C(=O)Nc2ncccc21)C(=O)N1CCC(OC)C1. The minimum absolute atomic E-state index is 0.000562. The molecule has 1 fully saturated rings. The van der Waals surface area contributed by atoms with Crippen molar-refractivity contribution in [1.82, 2.24) is 20.1 Å². The van der Waals surface area contributed by atoms with E-state index in [1.54, 1.807) is 23.1 Å². The summed E-state index contributed by atoms with van der Waals surface area (Å²) >= 11 is 0. The second kappa shape index (κ2) is 11.5. The molecule has 218 valence electrons. The molecular weight excluding hydrogens is 532 g/mol. The number of carbonyl (C=O) groups is 3. The molecule has 1 spiro atoms. The van der Waals surface area contributed by atoms with Gasteiger partial charge < -0.3 is 30.5 Å². The number of fused-ring (bicyclic) bond motifs is 3. The molecular formula is C32H36N6O4. The maximum absolute atomic E-state index is 13.7. The zero-order valence-electron chi connectivity index (χ0n) is 24.0. The van der Waals surface area contributed by atoms with E-state index < -0.39 is 5.41 Å². The van der Waals surface area contributed by atoms with Crippen molar-refractivity contribution in [2.24, 2.45) is 0 Å². The number of aromatic nitrogens is 1. The van der Waals surface area contributed by atoms with Gasteiger partial charge in [0.05, 0.1) is 11.5 Å². The number of methoxy groups -OCH3 is 1. The highest BCUT2D eigenvalue weighted by atomic mass is 16.5. The monoisotopic (exact) mass is 568 g/mol. The van der Waals surface area contributed by atoms with E-state index in [9.17, 15) is 14.4 Å². The fourth-order valence-corrected chi connectivity index (χ4v) is 6.48. The molecule has 2 aromatic carbocycles. The van der Waals surface area contributed by atoms with Crippen LogP contribution in [-0.2, 0) is 45.7 Å². The van der Waals surface area contributed by atoms with Crippen LogP contribution in [0, 0.1) is 0 Å². The van der Waals surface area contributed by atoms with E-state index in [-0.39, 0.29) is 30.5 Å². The van der Waals surface area contributed by atoms with Crippen LogP contribution in [-0.4, -0.2) is 72.5 Å². The molecule has 6 rings (SSSR count). The molecule has 0 radical (unpaired) electrons. The summed E-state index contributed by atoms with van der Waals surface area (Å²) in [5.74, 6) is 0.306. The molecule has 42 heavy (non-hydrogen) atoms. The van der Waals surface area contributed by atoms with Gasteiger partial charge in [0.1, 0.15) is 12.4 Å². The Labute approximate surface area is 245 Å². The van der Waals surface area contributed by atoms with Crippen LogP contribution in [0.1, 0.15) is 34.2 Å². The van der Waals surface area contributed by atoms with Crippen molar-refractivity contribution >= 4 is 29.4 Å². The molecule has 2 aliphatic heterocycles. The zero-order valence-corrected chi connectivity index (χ0v) is 24.0. The van der Waals surface area contributed by atoms with E-state index in [1.807, 2.05) is 61.6 Å². The summed E-state index contributed by atoms with van der Waals surface area (Å²) in [4.78, 5) is 47.8. The topological polar surface area (TPSA) is 116 Å². The van der Waals surface area contributed by atoms with Crippen molar-refractivity contribution in [3.05, 3.63) is 88.6 Å². The number of nitrogens with one attached hydrogen (secondary N) is 3. The van der Waals surface area contributed by atoms with Crippen molar-refractivity contribution in [3.8, 4) is 0 Å². The Bertz CT molecular complexity index is 1530.